The van der Waals surface area contributed by atoms with E-state index in [0.29, 0.717) is 31.8 Å². The van der Waals surface area contributed by atoms with Gasteiger partial charge < -0.3 is 4.74 Å². The summed E-state index contributed by atoms with van der Waals surface area (Å²) in [6.07, 6.45) is 15.5. The third-order valence-electron chi connectivity index (χ3n) is 5.29. The van der Waals surface area contributed by atoms with Gasteiger partial charge in [-0.15, -0.1) is 0 Å². The van der Waals surface area contributed by atoms with Gasteiger partial charge in [-0.1, -0.05) is 84.6 Å². The summed E-state index contributed by atoms with van der Waals surface area (Å²) in [6.45, 7) is 6.83. The highest BCUT2D eigenvalue weighted by atomic mass is 32.2. The number of hydrogen-bond donors (Lipinski definition) is 1. The second kappa shape index (κ2) is 17.9. The van der Waals surface area contributed by atoms with Gasteiger partial charge in [0, 0.05) is 6.42 Å². The van der Waals surface area contributed by atoms with Gasteiger partial charge in [-0.3, -0.25) is 9.35 Å². The molecule has 0 bridgehead atoms. The summed E-state index contributed by atoms with van der Waals surface area (Å²) in [4.78, 5) is 11.8. The molecule has 0 radical (unpaired) electrons. The second-order valence-corrected chi connectivity index (χ2v) is 9.64. The predicted molar refractivity (Wildman–Crippen MR) is 120 cm³/mol. The van der Waals surface area contributed by atoms with E-state index in [0.717, 1.165) is 51.4 Å². The average Bonchev–Trinajstić information content (AvgIpc) is 2.67. The molecule has 1 N–H and O–H groups in total. The van der Waals surface area contributed by atoms with Crippen molar-refractivity contribution >= 4 is 16.1 Å². The Morgan fingerprint density at radius 2 is 1.45 bits per heavy atom. The Hall–Kier alpha value is -0.880. The van der Waals surface area contributed by atoms with Crippen LogP contribution in [0, 0.1) is 5.92 Å². The lowest BCUT2D eigenvalue weighted by molar-refractivity contribution is -0.145. The fourth-order valence-electron chi connectivity index (χ4n) is 3.05. The van der Waals surface area contributed by atoms with Crippen LogP contribution in [0.2, 0.25) is 0 Å². The molecular weight excluding hydrogens is 388 g/mol. The summed E-state index contributed by atoms with van der Waals surface area (Å²) < 4.78 is 37.7. The van der Waals surface area contributed by atoms with Crippen molar-refractivity contribution < 1.29 is 22.5 Å². The molecule has 0 aliphatic heterocycles. The first kappa shape index (κ1) is 28.1. The Balaban J connectivity index is 3.89. The molecule has 6 heteroatoms. The number of hydrogen-bond acceptors (Lipinski definition) is 4. The van der Waals surface area contributed by atoms with Crippen molar-refractivity contribution in [3.63, 3.8) is 0 Å². The van der Waals surface area contributed by atoms with E-state index in [9.17, 15) is 17.8 Å². The van der Waals surface area contributed by atoms with Gasteiger partial charge in [0.2, 0.25) is 0 Å². The third-order valence-corrected chi connectivity index (χ3v) is 6.32. The van der Waals surface area contributed by atoms with E-state index in [1.54, 1.807) is 6.08 Å². The molecule has 0 saturated heterocycles. The Bertz CT molecular complexity index is 539. The van der Waals surface area contributed by atoms with Gasteiger partial charge in [0.1, 0.15) is 0 Å². The van der Waals surface area contributed by atoms with E-state index in [1.807, 2.05) is 0 Å². The van der Waals surface area contributed by atoms with E-state index in [-0.39, 0.29) is 10.9 Å². The summed E-state index contributed by atoms with van der Waals surface area (Å²) in [7, 11) is -4.09. The molecule has 0 aromatic rings. The van der Waals surface area contributed by atoms with Gasteiger partial charge >= 0.3 is 5.97 Å². The van der Waals surface area contributed by atoms with Crippen molar-refractivity contribution in [1.29, 1.82) is 0 Å². The first-order chi connectivity index (χ1) is 13.8. The quantitative estimate of drug-likeness (QED) is 0.137. The van der Waals surface area contributed by atoms with Gasteiger partial charge in [-0.25, -0.2) is 0 Å². The standard InChI is InChI=1S/C23H44O5S/c1-4-6-7-8-9-11-14-17-22(29(25,26)27)18-15-12-10-13-16-19-23(24)28-20-21(3)5-2/h17,21H,4-16,18-20H2,1-3H3,(H,25,26,27). The molecule has 0 aliphatic carbocycles. The van der Waals surface area contributed by atoms with Crippen molar-refractivity contribution in [2.24, 2.45) is 5.92 Å². The molecule has 0 aromatic heterocycles. The molecule has 0 amide bonds. The minimum Gasteiger partial charge on any atom is -0.465 e. The number of esters is 1. The molecule has 5 nitrogen and oxygen atoms in total. The van der Waals surface area contributed by atoms with Crippen LogP contribution in [0.5, 0.6) is 0 Å². The zero-order chi connectivity index (χ0) is 22.0. The van der Waals surface area contributed by atoms with E-state index < -0.39 is 10.1 Å². The molecule has 0 saturated carbocycles. The Morgan fingerprint density at radius 3 is 2.03 bits per heavy atom. The van der Waals surface area contributed by atoms with E-state index in [1.165, 1.54) is 25.7 Å². The molecule has 172 valence electrons. The Kier molecular flexibility index (Phi) is 17.4. The van der Waals surface area contributed by atoms with E-state index in [2.05, 4.69) is 20.8 Å². The lowest BCUT2D eigenvalue weighted by atomic mass is 10.1. The topological polar surface area (TPSA) is 80.7 Å². The van der Waals surface area contributed by atoms with Gasteiger partial charge in [0.25, 0.3) is 10.1 Å². The van der Waals surface area contributed by atoms with E-state index in [4.69, 9.17) is 4.74 Å². The van der Waals surface area contributed by atoms with Crippen LogP contribution < -0.4 is 0 Å². The number of carbonyl (C=O) groups excluding carboxylic acids is 1. The highest BCUT2D eigenvalue weighted by molar-refractivity contribution is 7.89. The first-order valence-corrected chi connectivity index (χ1v) is 13.1. The SMILES string of the molecule is CCCCCCCCC=C(CCCCCCCC(=O)OCC(C)CC)S(=O)(=O)O. The second-order valence-electron chi connectivity index (χ2n) is 8.17. The smallest absolute Gasteiger partial charge is 0.305 e. The number of rotatable bonds is 19. The van der Waals surface area contributed by atoms with Crippen molar-refractivity contribution in [3.8, 4) is 0 Å². The summed E-state index contributed by atoms with van der Waals surface area (Å²) >= 11 is 0. The molecule has 0 aromatic carbocycles. The molecule has 0 fully saturated rings. The van der Waals surface area contributed by atoms with Gasteiger partial charge in [0.05, 0.1) is 11.5 Å². The maximum Gasteiger partial charge on any atom is 0.305 e. The largest absolute Gasteiger partial charge is 0.465 e. The molecule has 0 aliphatic rings. The van der Waals surface area contributed by atoms with Crippen LogP contribution in [0.3, 0.4) is 0 Å². The van der Waals surface area contributed by atoms with Crippen LogP contribution in [0.4, 0.5) is 0 Å². The number of unbranched alkanes of at least 4 members (excludes halogenated alkanes) is 10. The monoisotopic (exact) mass is 432 g/mol. The summed E-state index contributed by atoms with van der Waals surface area (Å²) in [5.41, 5.74) is 0. The Morgan fingerprint density at radius 1 is 0.897 bits per heavy atom. The number of carbonyl (C=O) groups is 1. The van der Waals surface area contributed by atoms with Crippen LogP contribution in [-0.4, -0.2) is 25.5 Å². The van der Waals surface area contributed by atoms with Crippen LogP contribution in [-0.2, 0) is 19.6 Å². The van der Waals surface area contributed by atoms with Crippen molar-refractivity contribution in [3.05, 3.63) is 11.0 Å². The predicted octanol–water partition coefficient (Wildman–Crippen LogP) is 6.83. The maximum atomic E-state index is 11.6. The zero-order valence-corrected chi connectivity index (χ0v) is 19.8. The first-order valence-electron chi connectivity index (χ1n) is 11.6. The van der Waals surface area contributed by atoms with Crippen molar-refractivity contribution in [1.82, 2.24) is 0 Å². The number of allylic oxidation sites excluding steroid dienone is 2. The highest BCUT2D eigenvalue weighted by Gasteiger charge is 2.13. The third kappa shape index (κ3) is 17.7. The van der Waals surface area contributed by atoms with Crippen LogP contribution in [0.15, 0.2) is 11.0 Å². The fraction of sp³-hybridized carbons (Fsp3) is 0.870. The lowest BCUT2D eigenvalue weighted by Crippen LogP contribution is -2.11. The van der Waals surface area contributed by atoms with Crippen LogP contribution in [0.1, 0.15) is 117 Å². The molecular formula is C23H44O5S. The maximum absolute atomic E-state index is 11.6. The van der Waals surface area contributed by atoms with Crippen LogP contribution >= 0.6 is 0 Å². The molecule has 0 spiro atoms. The van der Waals surface area contributed by atoms with E-state index >= 15 is 0 Å². The average molecular weight is 433 g/mol. The molecule has 1 unspecified atom stereocenters. The summed E-state index contributed by atoms with van der Waals surface area (Å²) in [6, 6.07) is 0. The molecule has 29 heavy (non-hydrogen) atoms. The minimum atomic E-state index is -4.09. The van der Waals surface area contributed by atoms with Gasteiger partial charge in [-0.2, -0.15) is 8.42 Å². The summed E-state index contributed by atoms with van der Waals surface area (Å²) in [5, 5.41) is 0. The van der Waals surface area contributed by atoms with Crippen molar-refractivity contribution in [2.45, 2.75) is 117 Å². The molecule has 0 rings (SSSR count). The molecule has 1 atom stereocenters. The van der Waals surface area contributed by atoms with Crippen LogP contribution in [0.25, 0.3) is 0 Å². The minimum absolute atomic E-state index is 0.128. The van der Waals surface area contributed by atoms with Gasteiger partial charge in [0.15, 0.2) is 0 Å². The molecule has 0 heterocycles. The number of ether oxygens (including phenoxy) is 1. The fourth-order valence-corrected chi connectivity index (χ4v) is 3.78. The van der Waals surface area contributed by atoms with Gasteiger partial charge in [-0.05, 0) is 38.0 Å². The normalized spacial score (nSPS) is 13.4. The van der Waals surface area contributed by atoms with Crippen molar-refractivity contribution in [2.75, 3.05) is 6.61 Å². The zero-order valence-electron chi connectivity index (χ0n) is 19.0. The summed E-state index contributed by atoms with van der Waals surface area (Å²) in [5.74, 6) is 0.279. The Labute approximate surface area is 179 Å². The lowest BCUT2D eigenvalue weighted by Gasteiger charge is -2.09. The highest BCUT2D eigenvalue weighted by Crippen LogP contribution is 2.18.